The molecule has 0 aliphatic carbocycles. The van der Waals surface area contributed by atoms with E-state index in [9.17, 15) is 4.79 Å². The first-order valence-corrected chi connectivity index (χ1v) is 8.17. The lowest BCUT2D eigenvalue weighted by atomic mass is 10.0. The molecule has 0 saturated heterocycles. The zero-order valence-corrected chi connectivity index (χ0v) is 13.9. The number of amides is 1. The summed E-state index contributed by atoms with van der Waals surface area (Å²) in [7, 11) is 0. The molecule has 0 atom stereocenters. The average Bonchev–Trinajstić information content (AvgIpc) is 3.00. The second kappa shape index (κ2) is 6.07. The molecule has 2 heterocycles. The third-order valence-corrected chi connectivity index (χ3v) is 4.56. The number of fused-ring (bicyclic) bond motifs is 2. The van der Waals surface area contributed by atoms with Gasteiger partial charge in [0.1, 0.15) is 5.82 Å². The van der Waals surface area contributed by atoms with E-state index in [1.165, 1.54) is 0 Å². The van der Waals surface area contributed by atoms with Crippen molar-refractivity contribution in [2.75, 3.05) is 10.2 Å². The van der Waals surface area contributed by atoms with E-state index in [0.29, 0.717) is 18.7 Å². The van der Waals surface area contributed by atoms with Gasteiger partial charge in [-0.15, -0.1) is 0 Å². The lowest BCUT2D eigenvalue weighted by molar-refractivity contribution is 0.0985. The topological polar surface area (TPSA) is 87.0 Å². The smallest absolute Gasteiger partial charge is 0.258 e. The Morgan fingerprint density at radius 3 is 2.92 bits per heavy atom. The van der Waals surface area contributed by atoms with Gasteiger partial charge in [-0.3, -0.25) is 9.89 Å². The number of nitrogens with zero attached hydrogens (tertiary/aromatic N) is 2. The maximum atomic E-state index is 13.2. The minimum Gasteiger partial charge on any atom is -0.339 e. The summed E-state index contributed by atoms with van der Waals surface area (Å²) in [5, 5.41) is 10.4. The summed E-state index contributed by atoms with van der Waals surface area (Å²) in [6.45, 7) is 2.90. The predicted molar refractivity (Wildman–Crippen MR) is 97.9 cm³/mol. The standard InChI is InChI=1S/C19H19N5O/c1-12-8-13(6-7-14(12)9-20)19(25)24-11-15-10-21-23-18(15)22-16-4-2-3-5-17(16)24/h2-8,10H,9,11,20H2,1H3,(H2,21,22,23). The molecule has 0 radical (unpaired) electrons. The van der Waals surface area contributed by atoms with Crippen LogP contribution < -0.4 is 16.0 Å². The van der Waals surface area contributed by atoms with Crippen molar-refractivity contribution in [3.8, 4) is 0 Å². The number of hydrogen-bond donors (Lipinski definition) is 3. The van der Waals surface area contributed by atoms with Crippen LogP contribution in [0.25, 0.3) is 0 Å². The molecule has 126 valence electrons. The maximum absolute atomic E-state index is 13.2. The van der Waals surface area contributed by atoms with E-state index in [-0.39, 0.29) is 5.91 Å². The maximum Gasteiger partial charge on any atom is 0.258 e. The summed E-state index contributed by atoms with van der Waals surface area (Å²) < 4.78 is 0. The van der Waals surface area contributed by atoms with Crippen LogP contribution >= 0.6 is 0 Å². The lowest BCUT2D eigenvalue weighted by Gasteiger charge is -2.23. The molecule has 3 aromatic rings. The van der Waals surface area contributed by atoms with Crippen LogP contribution in [0.1, 0.15) is 27.0 Å². The fourth-order valence-electron chi connectivity index (χ4n) is 3.14. The van der Waals surface area contributed by atoms with E-state index >= 15 is 0 Å². The molecule has 1 aliphatic heterocycles. The number of carbonyl (C=O) groups excluding carboxylic acids is 1. The van der Waals surface area contributed by atoms with E-state index in [4.69, 9.17) is 5.73 Å². The van der Waals surface area contributed by atoms with Crippen molar-refractivity contribution in [1.29, 1.82) is 0 Å². The second-order valence-corrected chi connectivity index (χ2v) is 6.15. The van der Waals surface area contributed by atoms with Crippen LogP contribution in [0.4, 0.5) is 17.2 Å². The van der Waals surface area contributed by atoms with Crippen LogP contribution in [0.15, 0.2) is 48.7 Å². The first-order valence-electron chi connectivity index (χ1n) is 8.17. The Morgan fingerprint density at radius 2 is 2.12 bits per heavy atom. The number of benzene rings is 2. The molecule has 4 N–H and O–H groups in total. The molecule has 1 aliphatic rings. The Morgan fingerprint density at radius 1 is 1.28 bits per heavy atom. The first-order chi connectivity index (χ1) is 12.2. The lowest BCUT2D eigenvalue weighted by Crippen LogP contribution is -2.30. The van der Waals surface area contributed by atoms with Crippen molar-refractivity contribution in [3.05, 3.63) is 70.9 Å². The Balaban J connectivity index is 1.78. The van der Waals surface area contributed by atoms with E-state index in [1.807, 2.05) is 49.4 Å². The molecule has 0 bridgehead atoms. The normalized spacial score (nSPS) is 12.8. The number of anilines is 3. The summed E-state index contributed by atoms with van der Waals surface area (Å²) in [6, 6.07) is 13.4. The van der Waals surface area contributed by atoms with Gasteiger partial charge in [-0.25, -0.2) is 0 Å². The molecule has 1 aromatic heterocycles. The number of para-hydroxylation sites is 2. The molecular formula is C19H19N5O. The fourth-order valence-corrected chi connectivity index (χ4v) is 3.14. The highest BCUT2D eigenvalue weighted by atomic mass is 16.2. The number of nitrogens with one attached hydrogen (secondary N) is 2. The van der Waals surface area contributed by atoms with E-state index < -0.39 is 0 Å². The summed E-state index contributed by atoms with van der Waals surface area (Å²) in [5.41, 5.74) is 11.1. The van der Waals surface area contributed by atoms with Gasteiger partial charge in [0.25, 0.3) is 5.91 Å². The van der Waals surface area contributed by atoms with Gasteiger partial charge < -0.3 is 16.0 Å². The summed E-state index contributed by atoms with van der Waals surface area (Å²) in [4.78, 5) is 15.0. The van der Waals surface area contributed by atoms with E-state index in [1.54, 1.807) is 11.1 Å². The van der Waals surface area contributed by atoms with Gasteiger partial charge in [0.15, 0.2) is 0 Å². The predicted octanol–water partition coefficient (Wildman–Crippen LogP) is 3.08. The summed E-state index contributed by atoms with van der Waals surface area (Å²) >= 11 is 0. The molecule has 6 nitrogen and oxygen atoms in total. The molecule has 0 saturated carbocycles. The average molecular weight is 333 g/mol. The molecule has 6 heteroatoms. The number of hydrogen-bond acceptors (Lipinski definition) is 4. The molecule has 2 aromatic carbocycles. The number of aromatic nitrogens is 2. The summed E-state index contributed by atoms with van der Waals surface area (Å²) in [5.74, 6) is 0.771. The molecule has 0 fully saturated rings. The van der Waals surface area contributed by atoms with Crippen LogP contribution in [0.2, 0.25) is 0 Å². The van der Waals surface area contributed by atoms with Gasteiger partial charge in [0.05, 0.1) is 24.1 Å². The Bertz CT molecular complexity index is 946. The number of nitrogens with two attached hydrogens (primary N) is 1. The zero-order chi connectivity index (χ0) is 17.4. The third-order valence-electron chi connectivity index (χ3n) is 4.56. The third kappa shape index (κ3) is 2.66. The SMILES string of the molecule is Cc1cc(C(=O)N2Cc3cn[nH]c3Nc3ccccc32)ccc1CN. The number of aryl methyl sites for hydroxylation is 1. The van der Waals surface area contributed by atoms with Gasteiger partial charge in [-0.2, -0.15) is 5.10 Å². The number of carbonyl (C=O) groups is 1. The Hall–Kier alpha value is -3.12. The van der Waals surface area contributed by atoms with Crippen LogP contribution in [0.3, 0.4) is 0 Å². The molecule has 1 amide bonds. The fraction of sp³-hybridized carbons (Fsp3) is 0.158. The Labute approximate surface area is 145 Å². The van der Waals surface area contributed by atoms with Crippen LogP contribution in [0, 0.1) is 6.92 Å². The highest BCUT2D eigenvalue weighted by Gasteiger charge is 2.25. The molecule has 0 spiro atoms. The van der Waals surface area contributed by atoms with Crippen molar-refractivity contribution < 1.29 is 4.79 Å². The van der Waals surface area contributed by atoms with Crippen molar-refractivity contribution in [3.63, 3.8) is 0 Å². The van der Waals surface area contributed by atoms with E-state index in [0.717, 1.165) is 33.9 Å². The number of H-pyrrole nitrogens is 1. The van der Waals surface area contributed by atoms with Crippen molar-refractivity contribution in [1.82, 2.24) is 10.2 Å². The van der Waals surface area contributed by atoms with Crippen molar-refractivity contribution >= 4 is 23.1 Å². The number of rotatable bonds is 2. The molecular weight excluding hydrogens is 314 g/mol. The first kappa shape index (κ1) is 15.4. The van der Waals surface area contributed by atoms with Gasteiger partial charge in [0.2, 0.25) is 0 Å². The zero-order valence-electron chi connectivity index (χ0n) is 13.9. The molecule has 4 rings (SSSR count). The van der Waals surface area contributed by atoms with Crippen LogP contribution in [-0.4, -0.2) is 16.1 Å². The quantitative estimate of drug-likeness (QED) is 0.672. The molecule has 0 unspecified atom stereocenters. The molecule has 25 heavy (non-hydrogen) atoms. The largest absolute Gasteiger partial charge is 0.339 e. The second-order valence-electron chi connectivity index (χ2n) is 6.15. The highest BCUT2D eigenvalue weighted by molar-refractivity contribution is 6.08. The van der Waals surface area contributed by atoms with Gasteiger partial charge >= 0.3 is 0 Å². The van der Waals surface area contributed by atoms with Crippen LogP contribution in [-0.2, 0) is 13.1 Å². The van der Waals surface area contributed by atoms with Gasteiger partial charge in [-0.05, 0) is 42.3 Å². The minimum absolute atomic E-state index is 0.0463. The van der Waals surface area contributed by atoms with Gasteiger partial charge in [-0.1, -0.05) is 18.2 Å². The van der Waals surface area contributed by atoms with Crippen molar-refractivity contribution in [2.24, 2.45) is 5.73 Å². The Kier molecular flexibility index (Phi) is 3.74. The number of aromatic amines is 1. The monoisotopic (exact) mass is 333 g/mol. The van der Waals surface area contributed by atoms with E-state index in [2.05, 4.69) is 15.5 Å². The summed E-state index contributed by atoms with van der Waals surface area (Å²) in [6.07, 6.45) is 1.75. The van der Waals surface area contributed by atoms with Gasteiger partial charge in [0, 0.05) is 17.7 Å². The van der Waals surface area contributed by atoms with Crippen LogP contribution in [0.5, 0.6) is 0 Å². The minimum atomic E-state index is -0.0463. The van der Waals surface area contributed by atoms with Crippen molar-refractivity contribution in [2.45, 2.75) is 20.0 Å². The highest BCUT2D eigenvalue weighted by Crippen LogP contribution is 2.35.